The minimum absolute atomic E-state index is 0. The van der Waals surface area contributed by atoms with Gasteiger partial charge in [0.15, 0.2) is 0 Å². The van der Waals surface area contributed by atoms with Gasteiger partial charge in [0.05, 0.1) is 12.0 Å². The molecule has 0 unspecified atom stereocenters. The second kappa shape index (κ2) is 10.3. The van der Waals surface area contributed by atoms with Gasteiger partial charge in [-0.3, -0.25) is 4.79 Å². The minimum Gasteiger partial charge on any atom is -0.548 e. The number of benzene rings is 2. The average molecular weight is 349 g/mol. The Morgan fingerprint density at radius 2 is 1.68 bits per heavy atom. The van der Waals surface area contributed by atoms with Crippen molar-refractivity contribution in [3.8, 4) is 11.1 Å². The topological polar surface area (TPSA) is 69.2 Å². The third-order valence-electron chi connectivity index (χ3n) is 3.81. The zero-order chi connectivity index (χ0) is 17.5. The predicted octanol–water partition coefficient (Wildman–Crippen LogP) is -0.733. The average Bonchev–Trinajstić information content (AvgIpc) is 2.58. The summed E-state index contributed by atoms with van der Waals surface area (Å²) in [5, 5.41) is 13.8. The number of aliphatic carboxylic acids is 1. The number of amides is 1. The summed E-state index contributed by atoms with van der Waals surface area (Å²) in [6.07, 6.45) is 2.23. The van der Waals surface area contributed by atoms with Crippen LogP contribution in [0.5, 0.6) is 0 Å². The summed E-state index contributed by atoms with van der Waals surface area (Å²) in [4.78, 5) is 23.9. The second-order valence-electron chi connectivity index (χ2n) is 5.49. The quantitative estimate of drug-likeness (QED) is 0.669. The fourth-order valence-corrected chi connectivity index (χ4v) is 2.98. The van der Waals surface area contributed by atoms with E-state index < -0.39 is 17.9 Å². The second-order valence-corrected chi connectivity index (χ2v) is 6.47. The predicted molar refractivity (Wildman–Crippen MR) is 95.9 cm³/mol. The van der Waals surface area contributed by atoms with Gasteiger partial charge in [-0.1, -0.05) is 42.5 Å². The van der Waals surface area contributed by atoms with Crippen molar-refractivity contribution in [1.82, 2.24) is 5.32 Å². The normalized spacial score (nSPS) is 11.3. The first-order chi connectivity index (χ1) is 11.5. The molecule has 0 aliphatic heterocycles. The molecule has 0 saturated heterocycles. The molecule has 2 aromatic rings. The molecule has 1 N–H and O–H groups in total. The van der Waals surface area contributed by atoms with E-state index in [9.17, 15) is 14.7 Å². The molecule has 0 aliphatic carbocycles. The van der Waals surface area contributed by atoms with Crippen LogP contribution in [0.2, 0.25) is 0 Å². The molecule has 1 amide bonds. The maximum absolute atomic E-state index is 12.6. The van der Waals surface area contributed by atoms with Crippen molar-refractivity contribution in [2.24, 2.45) is 0 Å². The molecule has 126 valence electrons. The number of carboxylic acid groups (broad SMARTS) is 1. The number of thioether (sulfide) groups is 1. The fraction of sp³-hybridized carbons (Fsp3) is 0.263. The Morgan fingerprint density at radius 3 is 2.28 bits per heavy atom. The SMILES string of the molecule is CSCC[C@H](NC(=O)c1ccccc1-c1ccccc1C)C(=O)[O-].[Li+]. The van der Waals surface area contributed by atoms with Crippen LogP contribution < -0.4 is 29.3 Å². The smallest absolute Gasteiger partial charge is 0.548 e. The van der Waals surface area contributed by atoms with Crippen LogP contribution in [0.1, 0.15) is 22.3 Å². The van der Waals surface area contributed by atoms with Crippen molar-refractivity contribution in [2.75, 3.05) is 12.0 Å². The molecule has 0 fully saturated rings. The minimum atomic E-state index is -1.26. The van der Waals surface area contributed by atoms with Gasteiger partial charge < -0.3 is 15.2 Å². The number of hydrogen-bond acceptors (Lipinski definition) is 4. The number of carbonyl (C=O) groups excluding carboxylic acids is 2. The number of aryl methyl sites for hydroxylation is 1. The molecule has 0 spiro atoms. The monoisotopic (exact) mass is 349 g/mol. The maximum atomic E-state index is 12.6. The molecule has 4 nitrogen and oxygen atoms in total. The van der Waals surface area contributed by atoms with Crippen LogP contribution in [0.15, 0.2) is 48.5 Å². The first-order valence-electron chi connectivity index (χ1n) is 7.70. The van der Waals surface area contributed by atoms with Gasteiger partial charge in [-0.05, 0) is 48.1 Å². The summed E-state index contributed by atoms with van der Waals surface area (Å²) < 4.78 is 0. The summed E-state index contributed by atoms with van der Waals surface area (Å²) in [5.74, 6) is -1.02. The van der Waals surface area contributed by atoms with E-state index in [1.807, 2.05) is 49.6 Å². The van der Waals surface area contributed by atoms with Crippen LogP contribution in [0.25, 0.3) is 11.1 Å². The molecule has 0 heterocycles. The molecule has 6 heteroatoms. The van der Waals surface area contributed by atoms with Crippen molar-refractivity contribution >= 4 is 23.6 Å². The van der Waals surface area contributed by atoms with Crippen molar-refractivity contribution < 1.29 is 33.6 Å². The van der Waals surface area contributed by atoms with Gasteiger partial charge in [0.1, 0.15) is 0 Å². The molecule has 2 rings (SSSR count). The Bertz CT molecular complexity index is 736. The summed E-state index contributed by atoms with van der Waals surface area (Å²) in [6.45, 7) is 1.98. The largest absolute Gasteiger partial charge is 1.00 e. The van der Waals surface area contributed by atoms with Crippen LogP contribution in [0.4, 0.5) is 0 Å². The molecule has 0 saturated carbocycles. The van der Waals surface area contributed by atoms with Gasteiger partial charge in [-0.15, -0.1) is 0 Å². The first kappa shape index (κ1) is 21.4. The molecular weight excluding hydrogens is 329 g/mol. The number of hydrogen-bond donors (Lipinski definition) is 1. The summed E-state index contributed by atoms with van der Waals surface area (Å²) >= 11 is 1.53. The molecule has 0 aliphatic rings. The van der Waals surface area contributed by atoms with Crippen LogP contribution in [0.3, 0.4) is 0 Å². The van der Waals surface area contributed by atoms with Crippen LogP contribution in [-0.4, -0.2) is 29.9 Å². The summed E-state index contributed by atoms with van der Waals surface area (Å²) in [7, 11) is 0. The fourth-order valence-electron chi connectivity index (χ4n) is 2.51. The van der Waals surface area contributed by atoms with E-state index in [0.29, 0.717) is 17.7 Å². The number of carbonyl (C=O) groups is 2. The van der Waals surface area contributed by atoms with Gasteiger partial charge in [0, 0.05) is 5.56 Å². The molecule has 0 bridgehead atoms. The van der Waals surface area contributed by atoms with E-state index in [4.69, 9.17) is 0 Å². The van der Waals surface area contributed by atoms with E-state index >= 15 is 0 Å². The van der Waals surface area contributed by atoms with Gasteiger partial charge in [-0.2, -0.15) is 11.8 Å². The van der Waals surface area contributed by atoms with E-state index in [1.54, 1.807) is 12.1 Å². The van der Waals surface area contributed by atoms with E-state index in [1.165, 1.54) is 11.8 Å². The van der Waals surface area contributed by atoms with E-state index in [2.05, 4.69) is 5.32 Å². The Balaban J connectivity index is 0.00000312. The summed E-state index contributed by atoms with van der Waals surface area (Å²) in [6, 6.07) is 14.0. The van der Waals surface area contributed by atoms with E-state index in [-0.39, 0.29) is 18.9 Å². The molecule has 0 radical (unpaired) electrons. The van der Waals surface area contributed by atoms with Gasteiger partial charge in [0.2, 0.25) is 0 Å². The maximum Gasteiger partial charge on any atom is 1.00 e. The Hall–Kier alpha value is -1.67. The van der Waals surface area contributed by atoms with Crippen LogP contribution in [-0.2, 0) is 4.79 Å². The van der Waals surface area contributed by atoms with Crippen LogP contribution >= 0.6 is 11.8 Å². The Morgan fingerprint density at radius 1 is 1.08 bits per heavy atom. The zero-order valence-corrected chi connectivity index (χ0v) is 15.6. The van der Waals surface area contributed by atoms with Crippen molar-refractivity contribution in [3.05, 3.63) is 59.7 Å². The third kappa shape index (κ3) is 5.67. The van der Waals surface area contributed by atoms with Crippen molar-refractivity contribution in [2.45, 2.75) is 19.4 Å². The molecular formula is C19H20LiNO3S. The first-order valence-corrected chi connectivity index (χ1v) is 9.09. The molecule has 0 aromatic heterocycles. The zero-order valence-electron chi connectivity index (χ0n) is 14.7. The van der Waals surface area contributed by atoms with Gasteiger partial charge >= 0.3 is 18.9 Å². The van der Waals surface area contributed by atoms with Crippen molar-refractivity contribution in [3.63, 3.8) is 0 Å². The van der Waals surface area contributed by atoms with Gasteiger partial charge in [-0.25, -0.2) is 0 Å². The van der Waals surface area contributed by atoms with Crippen molar-refractivity contribution in [1.29, 1.82) is 0 Å². The molecule has 2 aromatic carbocycles. The third-order valence-corrected chi connectivity index (χ3v) is 4.45. The Labute approximate surface area is 164 Å². The standard InChI is InChI=1S/C19H21NO3S.Li/c1-13-7-3-4-8-14(13)15-9-5-6-10-16(15)18(21)20-17(19(22)23)11-12-24-2;/h3-10,17H,11-12H2,1-2H3,(H,20,21)(H,22,23);/q;+1/p-1/t17-;/m0./s1. The number of carboxylic acids is 1. The number of rotatable bonds is 7. The van der Waals surface area contributed by atoms with E-state index in [0.717, 1.165) is 16.7 Å². The van der Waals surface area contributed by atoms with Crippen LogP contribution in [0, 0.1) is 6.92 Å². The Kier molecular flexibility index (Phi) is 8.85. The summed E-state index contributed by atoms with van der Waals surface area (Å²) in [5.41, 5.74) is 3.26. The van der Waals surface area contributed by atoms with Gasteiger partial charge in [0.25, 0.3) is 5.91 Å². The molecule has 1 atom stereocenters. The molecule has 25 heavy (non-hydrogen) atoms. The number of nitrogens with one attached hydrogen (secondary N) is 1.